The van der Waals surface area contributed by atoms with Gasteiger partial charge in [0.25, 0.3) is 6.43 Å². The molecule has 0 aliphatic rings. The molecule has 0 radical (unpaired) electrons. The van der Waals surface area contributed by atoms with Crippen LogP contribution < -0.4 is 5.32 Å². The van der Waals surface area contributed by atoms with Gasteiger partial charge in [-0.25, -0.2) is 23.1 Å². The summed E-state index contributed by atoms with van der Waals surface area (Å²) in [6, 6.07) is 12.3. The number of amides is 1. The molecule has 0 fully saturated rings. The number of rotatable bonds is 6. The number of aromatic nitrogens is 5. The molecule has 1 amide bonds. The standard InChI is InChI=1S/C23H24F2N6O/c1-13(2)31-19(10-14(3)28-31)27-20(32)12-30-23-21(15(4)29-30)17(22(24)25)11-18(26-23)16-8-6-5-7-9-16/h5-11,13,22H,12H2,1-4H3,(H,27,32). The Morgan fingerprint density at radius 3 is 2.47 bits per heavy atom. The maximum atomic E-state index is 13.9. The number of benzene rings is 1. The summed E-state index contributed by atoms with van der Waals surface area (Å²) in [5.41, 5.74) is 2.41. The number of nitrogens with zero attached hydrogens (tertiary/aromatic N) is 5. The SMILES string of the molecule is Cc1cc(NC(=O)Cn2nc(C)c3c(C(F)F)cc(-c4ccccc4)nc32)n(C(C)C)n1. The molecule has 1 N–H and O–H groups in total. The lowest BCUT2D eigenvalue weighted by atomic mass is 10.1. The summed E-state index contributed by atoms with van der Waals surface area (Å²) in [6.45, 7) is 7.25. The highest BCUT2D eigenvalue weighted by Crippen LogP contribution is 2.33. The van der Waals surface area contributed by atoms with E-state index in [1.54, 1.807) is 29.8 Å². The van der Waals surface area contributed by atoms with Crippen molar-refractivity contribution in [2.75, 3.05) is 5.32 Å². The van der Waals surface area contributed by atoms with Crippen LogP contribution in [-0.4, -0.2) is 30.5 Å². The van der Waals surface area contributed by atoms with Crippen molar-refractivity contribution in [1.82, 2.24) is 24.5 Å². The summed E-state index contributed by atoms with van der Waals surface area (Å²) < 4.78 is 30.9. The molecular weight excluding hydrogens is 414 g/mol. The van der Waals surface area contributed by atoms with Gasteiger partial charge in [-0.05, 0) is 33.8 Å². The van der Waals surface area contributed by atoms with Crippen LogP contribution in [-0.2, 0) is 11.3 Å². The van der Waals surface area contributed by atoms with Crippen molar-refractivity contribution >= 4 is 22.8 Å². The molecule has 0 spiro atoms. The van der Waals surface area contributed by atoms with E-state index in [2.05, 4.69) is 20.5 Å². The van der Waals surface area contributed by atoms with E-state index in [0.717, 1.165) is 5.69 Å². The molecule has 4 aromatic rings. The fourth-order valence-electron chi connectivity index (χ4n) is 3.75. The largest absolute Gasteiger partial charge is 0.309 e. The van der Waals surface area contributed by atoms with Crippen LogP contribution in [0.2, 0.25) is 0 Å². The number of hydrogen-bond acceptors (Lipinski definition) is 4. The quantitative estimate of drug-likeness (QED) is 0.456. The van der Waals surface area contributed by atoms with Crippen molar-refractivity contribution < 1.29 is 13.6 Å². The number of anilines is 1. The molecule has 0 aliphatic heterocycles. The minimum absolute atomic E-state index is 0.0653. The number of pyridine rings is 1. The van der Waals surface area contributed by atoms with Crippen molar-refractivity contribution in [3.63, 3.8) is 0 Å². The van der Waals surface area contributed by atoms with Gasteiger partial charge in [0, 0.05) is 23.2 Å². The van der Waals surface area contributed by atoms with Crippen LogP contribution in [0, 0.1) is 13.8 Å². The van der Waals surface area contributed by atoms with Crippen molar-refractivity contribution in [2.45, 2.75) is 46.7 Å². The van der Waals surface area contributed by atoms with Crippen LogP contribution in [0.3, 0.4) is 0 Å². The van der Waals surface area contributed by atoms with Crippen molar-refractivity contribution in [3.8, 4) is 11.3 Å². The average Bonchev–Trinajstić information content (AvgIpc) is 3.27. The van der Waals surface area contributed by atoms with Crippen molar-refractivity contribution in [1.29, 1.82) is 0 Å². The van der Waals surface area contributed by atoms with Crippen LogP contribution in [0.25, 0.3) is 22.3 Å². The lowest BCUT2D eigenvalue weighted by molar-refractivity contribution is -0.116. The lowest BCUT2D eigenvalue weighted by Crippen LogP contribution is -2.22. The van der Waals surface area contributed by atoms with E-state index in [-0.39, 0.29) is 35.1 Å². The first kappa shape index (κ1) is 21.6. The van der Waals surface area contributed by atoms with Gasteiger partial charge < -0.3 is 5.32 Å². The normalized spacial score (nSPS) is 11.6. The maximum absolute atomic E-state index is 13.9. The summed E-state index contributed by atoms with van der Waals surface area (Å²) in [5.74, 6) is 0.226. The van der Waals surface area contributed by atoms with Gasteiger partial charge in [0.2, 0.25) is 5.91 Å². The van der Waals surface area contributed by atoms with Gasteiger partial charge in [0.05, 0.1) is 22.5 Å². The van der Waals surface area contributed by atoms with Crippen LogP contribution >= 0.6 is 0 Å². The Labute approximate surface area is 184 Å². The van der Waals surface area contributed by atoms with E-state index in [1.165, 1.54) is 10.7 Å². The van der Waals surface area contributed by atoms with E-state index < -0.39 is 6.43 Å². The first-order valence-electron chi connectivity index (χ1n) is 10.3. The predicted octanol–water partition coefficient (Wildman–Crippen LogP) is 5.07. The van der Waals surface area contributed by atoms with Gasteiger partial charge in [-0.2, -0.15) is 10.2 Å². The minimum Gasteiger partial charge on any atom is -0.309 e. The third-order valence-corrected chi connectivity index (χ3v) is 5.12. The van der Waals surface area contributed by atoms with Gasteiger partial charge in [-0.1, -0.05) is 30.3 Å². The van der Waals surface area contributed by atoms with E-state index in [1.807, 2.05) is 39.0 Å². The number of nitrogens with one attached hydrogen (secondary N) is 1. The fraction of sp³-hybridized carbons (Fsp3) is 0.304. The highest BCUT2D eigenvalue weighted by atomic mass is 19.3. The van der Waals surface area contributed by atoms with Gasteiger partial charge >= 0.3 is 0 Å². The van der Waals surface area contributed by atoms with Crippen molar-refractivity contribution in [3.05, 3.63) is 59.4 Å². The number of hydrogen-bond donors (Lipinski definition) is 1. The molecule has 166 valence electrons. The number of carbonyl (C=O) groups excluding carboxylic acids is 1. The number of carbonyl (C=O) groups is 1. The Bertz CT molecular complexity index is 1280. The van der Waals surface area contributed by atoms with E-state index in [9.17, 15) is 13.6 Å². The lowest BCUT2D eigenvalue weighted by Gasteiger charge is -2.12. The number of fused-ring (bicyclic) bond motifs is 1. The summed E-state index contributed by atoms with van der Waals surface area (Å²) in [6.07, 6.45) is -2.70. The molecule has 32 heavy (non-hydrogen) atoms. The Morgan fingerprint density at radius 1 is 1.09 bits per heavy atom. The van der Waals surface area contributed by atoms with Gasteiger partial charge in [-0.3, -0.25) is 4.79 Å². The summed E-state index contributed by atoms with van der Waals surface area (Å²) in [7, 11) is 0. The molecule has 0 bridgehead atoms. The minimum atomic E-state index is -2.70. The Hall–Kier alpha value is -3.62. The fourth-order valence-corrected chi connectivity index (χ4v) is 3.75. The molecule has 3 aromatic heterocycles. The second kappa shape index (κ2) is 8.49. The topological polar surface area (TPSA) is 77.6 Å². The smallest absolute Gasteiger partial charge is 0.264 e. The molecule has 0 saturated heterocycles. The summed E-state index contributed by atoms with van der Waals surface area (Å²) in [4.78, 5) is 17.4. The van der Waals surface area contributed by atoms with Crippen LogP contribution in [0.5, 0.6) is 0 Å². The molecule has 0 aliphatic carbocycles. The molecule has 0 unspecified atom stereocenters. The van der Waals surface area contributed by atoms with E-state index in [0.29, 0.717) is 22.8 Å². The molecule has 0 atom stereocenters. The third kappa shape index (κ3) is 4.10. The Morgan fingerprint density at radius 2 is 1.81 bits per heavy atom. The second-order valence-electron chi connectivity index (χ2n) is 7.96. The molecule has 7 nitrogen and oxygen atoms in total. The molecule has 3 heterocycles. The monoisotopic (exact) mass is 438 g/mol. The first-order valence-corrected chi connectivity index (χ1v) is 10.3. The van der Waals surface area contributed by atoms with Gasteiger partial charge in [-0.15, -0.1) is 0 Å². The highest BCUT2D eigenvalue weighted by molar-refractivity contribution is 5.92. The molecule has 9 heteroatoms. The number of alkyl halides is 2. The zero-order valence-electron chi connectivity index (χ0n) is 18.3. The predicted molar refractivity (Wildman–Crippen MR) is 119 cm³/mol. The zero-order valence-corrected chi connectivity index (χ0v) is 18.3. The average molecular weight is 438 g/mol. The molecule has 0 saturated carbocycles. The summed E-state index contributed by atoms with van der Waals surface area (Å²) >= 11 is 0. The Balaban J connectivity index is 1.73. The molecular formula is C23H24F2N6O. The van der Waals surface area contributed by atoms with Gasteiger partial charge in [0.15, 0.2) is 5.65 Å². The van der Waals surface area contributed by atoms with Gasteiger partial charge in [0.1, 0.15) is 12.4 Å². The number of aryl methyl sites for hydroxylation is 2. The zero-order chi connectivity index (χ0) is 23.0. The second-order valence-corrected chi connectivity index (χ2v) is 7.96. The van der Waals surface area contributed by atoms with Crippen LogP contribution in [0.15, 0.2) is 42.5 Å². The van der Waals surface area contributed by atoms with E-state index in [4.69, 9.17) is 0 Å². The third-order valence-electron chi connectivity index (χ3n) is 5.12. The maximum Gasteiger partial charge on any atom is 0.264 e. The Kier molecular flexibility index (Phi) is 5.73. The summed E-state index contributed by atoms with van der Waals surface area (Å²) in [5, 5.41) is 11.9. The number of halogens is 2. The van der Waals surface area contributed by atoms with E-state index >= 15 is 0 Å². The highest BCUT2D eigenvalue weighted by Gasteiger charge is 2.22. The first-order chi connectivity index (χ1) is 15.2. The van der Waals surface area contributed by atoms with Crippen LogP contribution in [0.4, 0.5) is 14.6 Å². The molecule has 4 rings (SSSR count). The van der Waals surface area contributed by atoms with Crippen LogP contribution in [0.1, 0.15) is 43.3 Å². The molecule has 1 aromatic carbocycles. The van der Waals surface area contributed by atoms with Crippen molar-refractivity contribution in [2.24, 2.45) is 0 Å².